The van der Waals surface area contributed by atoms with E-state index >= 15 is 0 Å². The van der Waals surface area contributed by atoms with E-state index in [0.717, 1.165) is 8.25 Å². The van der Waals surface area contributed by atoms with Crippen LogP contribution in [-0.2, 0) is 60.5 Å². The Morgan fingerprint density at radius 2 is 0.452 bits per heavy atom. The minimum absolute atomic E-state index is 0. The van der Waals surface area contributed by atoms with Gasteiger partial charge in [0.2, 0.25) is 0 Å². The largest absolute Gasteiger partial charge is 2.00 e. The third-order valence-corrected chi connectivity index (χ3v) is 7.04. The van der Waals surface area contributed by atoms with Gasteiger partial charge in [-0.15, -0.1) is 0 Å². The average molecular weight is 667 g/mol. The zero-order chi connectivity index (χ0) is 25.4. The maximum Gasteiger partial charge on any atom is 2.00 e. The first kappa shape index (κ1) is 35.1. The van der Waals surface area contributed by atoms with E-state index in [1.54, 1.807) is 0 Å². The first-order valence-corrected chi connectivity index (χ1v) is 10.9. The van der Waals surface area contributed by atoms with Crippen molar-refractivity contribution < 1.29 is 107 Å². The zero-order valence-electron chi connectivity index (χ0n) is 12.6. The van der Waals surface area contributed by atoms with Gasteiger partial charge in [0.1, 0.15) is 0 Å². The molecule has 0 rings (SSSR count). The average Bonchev–Trinajstić information content (AvgIpc) is 2.30. The van der Waals surface area contributed by atoms with Crippen molar-refractivity contribution >= 4 is 40.1 Å². The summed E-state index contributed by atoms with van der Waals surface area (Å²) in [7, 11) is -26.9. The molecule has 27 heteroatoms. The van der Waals surface area contributed by atoms with Crippen molar-refractivity contribution in [2.45, 2.75) is 22.0 Å². The number of hydrogen-bond acceptors (Lipinski definition) is 8. The van der Waals surface area contributed by atoms with Crippen LogP contribution in [0.4, 0.5) is 52.7 Å². The van der Waals surface area contributed by atoms with Crippen LogP contribution in [0, 0.1) is 0 Å². The van der Waals surface area contributed by atoms with Gasteiger partial charge < -0.3 is 8.25 Å². The van der Waals surface area contributed by atoms with Crippen LogP contribution in [-0.4, -0.2) is 55.7 Å². The number of alkyl halides is 12. The minimum atomic E-state index is -6.72. The molecule has 0 aromatic heterocycles. The van der Waals surface area contributed by atoms with Crippen LogP contribution in [0.5, 0.6) is 0 Å². The van der Waals surface area contributed by atoms with Crippen molar-refractivity contribution in [3.05, 3.63) is 8.25 Å². The van der Waals surface area contributed by atoms with E-state index < -0.39 is 62.1 Å². The standard InChI is InChI=1S/2C2F6NO4S2.Pd/c2*3-1(4,5)14(10,11)9-15(12,13)2(6,7)8;/q2*-1;+2. The van der Waals surface area contributed by atoms with Crippen molar-refractivity contribution in [1.29, 1.82) is 0 Å². The van der Waals surface area contributed by atoms with Gasteiger partial charge in [0.15, 0.2) is 40.1 Å². The van der Waals surface area contributed by atoms with Gasteiger partial charge in [-0.3, -0.25) is 0 Å². The molecule has 0 aromatic rings. The van der Waals surface area contributed by atoms with E-state index in [2.05, 4.69) is 0 Å². The van der Waals surface area contributed by atoms with Gasteiger partial charge in [-0.25, -0.2) is 33.7 Å². The summed E-state index contributed by atoms with van der Waals surface area (Å²) in [5.41, 5.74) is -24.8. The van der Waals surface area contributed by atoms with Crippen molar-refractivity contribution in [3.63, 3.8) is 0 Å². The Hall–Kier alpha value is -0.458. The predicted octanol–water partition coefficient (Wildman–Crippen LogP) is 2.12. The van der Waals surface area contributed by atoms with Gasteiger partial charge in [0, 0.05) is 0 Å². The molecular weight excluding hydrogens is 667 g/mol. The second kappa shape index (κ2) is 9.81. The Labute approximate surface area is 177 Å². The molecular formula is C4F12N2O8PdS4. The molecule has 192 valence electrons. The van der Waals surface area contributed by atoms with Crippen LogP contribution in [0.2, 0.25) is 0 Å². The minimum Gasteiger partial charge on any atom is -0.421 e. The molecule has 0 N–H and O–H groups in total. The van der Waals surface area contributed by atoms with Gasteiger partial charge in [-0.05, 0) is 0 Å². The molecule has 0 bridgehead atoms. The molecule has 0 heterocycles. The third kappa shape index (κ3) is 9.91. The van der Waals surface area contributed by atoms with E-state index in [1.807, 2.05) is 0 Å². The number of halogens is 12. The Bertz CT molecular complexity index is 862. The molecule has 0 unspecified atom stereocenters. The Morgan fingerprint density at radius 3 is 0.516 bits per heavy atom. The molecule has 0 radical (unpaired) electrons. The number of hydrogen-bond donors (Lipinski definition) is 0. The summed E-state index contributed by atoms with van der Waals surface area (Å²) in [6.07, 6.45) is 0. The van der Waals surface area contributed by atoms with Crippen molar-refractivity contribution in [1.82, 2.24) is 0 Å². The predicted molar refractivity (Wildman–Crippen MR) is 66.6 cm³/mol. The zero-order valence-corrected chi connectivity index (χ0v) is 17.5. The molecule has 0 saturated carbocycles. The monoisotopic (exact) mass is 666 g/mol. The van der Waals surface area contributed by atoms with Crippen LogP contribution >= 0.6 is 0 Å². The molecule has 0 aliphatic carbocycles. The molecule has 0 atom stereocenters. The van der Waals surface area contributed by atoms with E-state index in [1.165, 1.54) is 0 Å². The van der Waals surface area contributed by atoms with Crippen LogP contribution in [0.25, 0.3) is 8.25 Å². The fourth-order valence-electron chi connectivity index (χ4n) is 0.427. The maximum atomic E-state index is 11.4. The third-order valence-electron chi connectivity index (χ3n) is 1.56. The van der Waals surface area contributed by atoms with E-state index in [-0.39, 0.29) is 20.4 Å². The molecule has 0 aliphatic heterocycles. The smallest absolute Gasteiger partial charge is 0.421 e. The Morgan fingerprint density at radius 1 is 0.355 bits per heavy atom. The Balaban J connectivity index is -0.000000490. The van der Waals surface area contributed by atoms with Crippen LogP contribution in [0.3, 0.4) is 0 Å². The van der Waals surface area contributed by atoms with Gasteiger partial charge in [-0.2, -0.15) is 52.7 Å². The Kier molecular flexibility index (Phi) is 11.1. The van der Waals surface area contributed by atoms with Crippen LogP contribution in [0.15, 0.2) is 0 Å². The summed E-state index contributed by atoms with van der Waals surface area (Å²) in [6, 6.07) is 0. The molecule has 0 aromatic carbocycles. The quantitative estimate of drug-likeness (QED) is 0.325. The van der Waals surface area contributed by atoms with Gasteiger partial charge in [0.25, 0.3) is 0 Å². The maximum absolute atomic E-state index is 11.4. The first-order chi connectivity index (χ1) is 12.4. The summed E-state index contributed by atoms with van der Waals surface area (Å²) < 4.78 is 218. The van der Waals surface area contributed by atoms with Gasteiger partial charge in [-0.1, -0.05) is 0 Å². The van der Waals surface area contributed by atoms with Gasteiger partial charge >= 0.3 is 42.5 Å². The van der Waals surface area contributed by atoms with Crippen LogP contribution < -0.4 is 0 Å². The number of sulfonamides is 4. The molecule has 0 spiro atoms. The second-order valence-electron chi connectivity index (χ2n) is 3.83. The normalized spacial score (nSPS) is 14.8. The topological polar surface area (TPSA) is 165 Å². The van der Waals surface area contributed by atoms with Crippen LogP contribution in [0.1, 0.15) is 0 Å². The fraction of sp³-hybridized carbons (Fsp3) is 1.00. The van der Waals surface area contributed by atoms with Gasteiger partial charge in [0.05, 0.1) is 0 Å². The summed E-state index contributed by atoms with van der Waals surface area (Å²) in [5.74, 6) is 0. The number of nitrogens with zero attached hydrogens (tertiary/aromatic N) is 2. The SMILES string of the molecule is O=S(=O)([N-]S(=O)(=O)C(F)(F)F)C(F)(F)F.O=S(=O)([N-]S(=O)(=O)C(F)(F)F)C(F)(F)F.[Pd+2]. The van der Waals surface area contributed by atoms with Crippen molar-refractivity contribution in [2.24, 2.45) is 0 Å². The molecule has 0 aliphatic rings. The molecule has 10 nitrogen and oxygen atoms in total. The summed E-state index contributed by atoms with van der Waals surface area (Å²) in [4.78, 5) is 0. The molecule has 0 saturated heterocycles. The second-order valence-corrected chi connectivity index (χ2v) is 10.7. The van der Waals surface area contributed by atoms with E-state index in [4.69, 9.17) is 0 Å². The van der Waals surface area contributed by atoms with E-state index in [0.29, 0.717) is 0 Å². The molecule has 0 fully saturated rings. The molecule has 0 amide bonds. The first-order valence-electron chi connectivity index (χ1n) is 5.15. The summed E-state index contributed by atoms with van der Waals surface area (Å²) in [6.45, 7) is 0. The number of rotatable bonds is 4. The van der Waals surface area contributed by atoms with E-state index in [9.17, 15) is 86.4 Å². The summed E-state index contributed by atoms with van der Waals surface area (Å²) >= 11 is 0. The fourth-order valence-corrected chi connectivity index (χ4v) is 3.85. The molecule has 31 heavy (non-hydrogen) atoms. The van der Waals surface area contributed by atoms with Crippen molar-refractivity contribution in [2.75, 3.05) is 0 Å². The van der Waals surface area contributed by atoms with Crippen molar-refractivity contribution in [3.8, 4) is 0 Å². The summed E-state index contributed by atoms with van der Waals surface area (Å²) in [5, 5.41) is 0.